The number of hydrogen-bond acceptors (Lipinski definition) is 3. The molecule has 0 amide bonds. The monoisotopic (exact) mass is 431 g/mol. The summed E-state index contributed by atoms with van der Waals surface area (Å²) in [7, 11) is 0. The van der Waals surface area contributed by atoms with Crippen LogP contribution in [-0.2, 0) is 24.1 Å². The number of alkyl halides is 3. The third-order valence-corrected chi connectivity index (χ3v) is 6.38. The maximum absolute atomic E-state index is 13.7. The predicted octanol–water partition coefficient (Wildman–Crippen LogP) is 5.96. The number of benzene rings is 2. The Balaban J connectivity index is 1.38. The van der Waals surface area contributed by atoms with E-state index in [2.05, 4.69) is 4.90 Å². The summed E-state index contributed by atoms with van der Waals surface area (Å²) < 4.78 is 46.9. The van der Waals surface area contributed by atoms with E-state index in [-0.39, 0.29) is 18.4 Å². The average Bonchev–Trinajstić information content (AvgIpc) is 2.75. The van der Waals surface area contributed by atoms with E-state index in [0.29, 0.717) is 16.9 Å². The first kappa shape index (κ1) is 21.9. The molecule has 0 aromatic heterocycles. The molecule has 4 rings (SSSR count). The fourth-order valence-corrected chi connectivity index (χ4v) is 4.65. The normalized spacial score (nSPS) is 18.5. The van der Waals surface area contributed by atoms with Crippen molar-refractivity contribution in [2.75, 3.05) is 13.1 Å². The molecule has 1 aliphatic heterocycles. The SMILES string of the molecule is O=CC1CN(Cc2ccc(OCc3ccc(C4CCCCC4)c(C(F)(F)F)c3)cc2)C1. The van der Waals surface area contributed by atoms with Crippen LogP contribution >= 0.6 is 0 Å². The van der Waals surface area contributed by atoms with Crippen molar-refractivity contribution in [1.29, 1.82) is 0 Å². The molecule has 0 atom stereocenters. The number of carbonyl (C=O) groups is 1. The summed E-state index contributed by atoms with van der Waals surface area (Å²) in [5.74, 6) is 0.776. The molecule has 2 aromatic rings. The first-order valence-electron chi connectivity index (χ1n) is 11.0. The molecular weight excluding hydrogens is 403 g/mol. The van der Waals surface area contributed by atoms with E-state index in [0.717, 1.165) is 63.6 Å². The minimum absolute atomic E-state index is 0.00102. The summed E-state index contributed by atoms with van der Waals surface area (Å²) in [4.78, 5) is 12.9. The Kier molecular flexibility index (Phi) is 6.65. The quantitative estimate of drug-likeness (QED) is 0.507. The molecule has 2 aliphatic rings. The summed E-state index contributed by atoms with van der Waals surface area (Å²) in [6.45, 7) is 2.46. The molecular formula is C25H28F3NO2. The Hall–Kier alpha value is -2.34. The van der Waals surface area contributed by atoms with E-state index in [1.165, 1.54) is 6.07 Å². The van der Waals surface area contributed by atoms with Gasteiger partial charge in [-0.1, -0.05) is 43.5 Å². The lowest BCUT2D eigenvalue weighted by atomic mass is 9.81. The Morgan fingerprint density at radius 1 is 0.968 bits per heavy atom. The molecule has 3 nitrogen and oxygen atoms in total. The van der Waals surface area contributed by atoms with Crippen molar-refractivity contribution < 1.29 is 22.7 Å². The molecule has 31 heavy (non-hydrogen) atoms. The highest BCUT2D eigenvalue weighted by molar-refractivity contribution is 5.55. The summed E-state index contributed by atoms with van der Waals surface area (Å²) in [6.07, 6.45) is 1.41. The Labute approximate surface area is 181 Å². The molecule has 0 radical (unpaired) electrons. The highest BCUT2D eigenvalue weighted by Crippen LogP contribution is 2.41. The van der Waals surface area contributed by atoms with Crippen molar-refractivity contribution in [2.45, 2.75) is 57.3 Å². The molecule has 1 saturated carbocycles. The molecule has 1 heterocycles. The van der Waals surface area contributed by atoms with Crippen molar-refractivity contribution in [3.05, 3.63) is 64.7 Å². The molecule has 1 aliphatic carbocycles. The molecule has 2 aromatic carbocycles. The van der Waals surface area contributed by atoms with Crippen LogP contribution in [0.1, 0.15) is 60.3 Å². The van der Waals surface area contributed by atoms with Crippen LogP contribution in [0.2, 0.25) is 0 Å². The molecule has 0 bridgehead atoms. The van der Waals surface area contributed by atoms with Crippen molar-refractivity contribution in [3.8, 4) is 5.75 Å². The van der Waals surface area contributed by atoms with Gasteiger partial charge in [0, 0.05) is 25.6 Å². The van der Waals surface area contributed by atoms with Gasteiger partial charge >= 0.3 is 6.18 Å². The second-order valence-corrected chi connectivity index (χ2v) is 8.78. The largest absolute Gasteiger partial charge is 0.489 e. The first-order chi connectivity index (χ1) is 14.9. The number of aldehydes is 1. The maximum Gasteiger partial charge on any atom is 0.416 e. The standard InChI is InChI=1S/C25H28F3NO2/c26-25(27,28)24-12-19(8-11-23(24)21-4-2-1-3-5-21)17-31-22-9-6-18(7-10-22)13-29-14-20(15-29)16-30/h6-12,16,20-21H,1-5,13-15,17H2. The van der Waals surface area contributed by atoms with Crippen LogP contribution in [0.4, 0.5) is 13.2 Å². The minimum atomic E-state index is -4.36. The van der Waals surface area contributed by atoms with E-state index in [9.17, 15) is 18.0 Å². The predicted molar refractivity (Wildman–Crippen MR) is 113 cm³/mol. The second-order valence-electron chi connectivity index (χ2n) is 8.78. The zero-order valence-electron chi connectivity index (χ0n) is 17.5. The number of nitrogens with zero attached hydrogens (tertiary/aromatic N) is 1. The van der Waals surface area contributed by atoms with Crippen LogP contribution in [0.15, 0.2) is 42.5 Å². The first-order valence-corrected chi connectivity index (χ1v) is 11.0. The van der Waals surface area contributed by atoms with E-state index < -0.39 is 11.7 Å². The molecule has 0 N–H and O–H groups in total. The maximum atomic E-state index is 13.7. The van der Waals surface area contributed by atoms with Crippen LogP contribution in [0.25, 0.3) is 0 Å². The van der Waals surface area contributed by atoms with E-state index in [1.807, 2.05) is 24.3 Å². The number of ether oxygens (including phenoxy) is 1. The third kappa shape index (κ3) is 5.48. The van der Waals surface area contributed by atoms with Crippen LogP contribution in [0, 0.1) is 5.92 Å². The summed E-state index contributed by atoms with van der Waals surface area (Å²) in [6, 6.07) is 12.3. The van der Waals surface area contributed by atoms with Crippen molar-refractivity contribution >= 4 is 6.29 Å². The Morgan fingerprint density at radius 2 is 1.65 bits per heavy atom. The van der Waals surface area contributed by atoms with Gasteiger partial charge in [0.25, 0.3) is 0 Å². The van der Waals surface area contributed by atoms with Gasteiger partial charge in [-0.25, -0.2) is 0 Å². The highest BCUT2D eigenvalue weighted by Gasteiger charge is 2.35. The second kappa shape index (κ2) is 9.43. The lowest BCUT2D eigenvalue weighted by Gasteiger charge is -2.36. The van der Waals surface area contributed by atoms with Gasteiger partial charge in [-0.2, -0.15) is 13.2 Å². The van der Waals surface area contributed by atoms with Gasteiger partial charge in [-0.15, -0.1) is 0 Å². The lowest BCUT2D eigenvalue weighted by molar-refractivity contribution is -0.138. The number of rotatable bonds is 7. The van der Waals surface area contributed by atoms with Gasteiger partial charge in [-0.05, 0) is 53.6 Å². The van der Waals surface area contributed by atoms with Gasteiger partial charge in [0.05, 0.1) is 5.56 Å². The summed E-state index contributed by atoms with van der Waals surface area (Å²) in [5, 5.41) is 0. The molecule has 1 saturated heterocycles. The van der Waals surface area contributed by atoms with Gasteiger partial charge in [0.2, 0.25) is 0 Å². The third-order valence-electron chi connectivity index (χ3n) is 6.38. The van der Waals surface area contributed by atoms with Crippen LogP contribution in [0.5, 0.6) is 5.75 Å². The fraction of sp³-hybridized carbons (Fsp3) is 0.480. The van der Waals surface area contributed by atoms with Crippen LogP contribution in [0.3, 0.4) is 0 Å². The molecule has 0 spiro atoms. The summed E-state index contributed by atoms with van der Waals surface area (Å²) in [5.41, 5.74) is 1.56. The van der Waals surface area contributed by atoms with Crippen LogP contribution < -0.4 is 4.74 Å². The lowest BCUT2D eigenvalue weighted by Crippen LogP contribution is -2.46. The number of hydrogen-bond donors (Lipinski definition) is 0. The van der Waals surface area contributed by atoms with E-state index in [4.69, 9.17) is 4.74 Å². The Bertz CT molecular complexity index is 883. The van der Waals surface area contributed by atoms with E-state index >= 15 is 0 Å². The molecule has 2 fully saturated rings. The smallest absolute Gasteiger partial charge is 0.416 e. The summed E-state index contributed by atoms with van der Waals surface area (Å²) >= 11 is 0. The molecule has 0 unspecified atom stereocenters. The number of halogens is 3. The number of likely N-dealkylation sites (tertiary alicyclic amines) is 1. The molecule has 6 heteroatoms. The minimum Gasteiger partial charge on any atom is -0.489 e. The van der Waals surface area contributed by atoms with Gasteiger partial charge in [-0.3, -0.25) is 4.90 Å². The Morgan fingerprint density at radius 3 is 2.29 bits per heavy atom. The fourth-order valence-electron chi connectivity index (χ4n) is 4.65. The van der Waals surface area contributed by atoms with Crippen LogP contribution in [-0.4, -0.2) is 24.3 Å². The topological polar surface area (TPSA) is 29.5 Å². The van der Waals surface area contributed by atoms with Gasteiger partial charge < -0.3 is 9.53 Å². The average molecular weight is 431 g/mol. The van der Waals surface area contributed by atoms with Gasteiger partial charge in [0.15, 0.2) is 0 Å². The van der Waals surface area contributed by atoms with Crippen molar-refractivity contribution in [3.63, 3.8) is 0 Å². The number of carbonyl (C=O) groups excluding carboxylic acids is 1. The molecule has 166 valence electrons. The van der Waals surface area contributed by atoms with E-state index in [1.54, 1.807) is 12.1 Å². The van der Waals surface area contributed by atoms with Crippen molar-refractivity contribution in [2.24, 2.45) is 5.92 Å². The van der Waals surface area contributed by atoms with Crippen molar-refractivity contribution in [1.82, 2.24) is 4.90 Å². The zero-order valence-corrected chi connectivity index (χ0v) is 17.5. The highest BCUT2D eigenvalue weighted by atomic mass is 19.4. The zero-order chi connectivity index (χ0) is 21.8. The van der Waals surface area contributed by atoms with Gasteiger partial charge in [0.1, 0.15) is 18.6 Å².